The highest BCUT2D eigenvalue weighted by atomic mass is 16.6. The van der Waals surface area contributed by atoms with E-state index in [1.54, 1.807) is 0 Å². The molecule has 1 saturated heterocycles. The highest BCUT2D eigenvalue weighted by Gasteiger charge is 2.24. The predicted octanol–water partition coefficient (Wildman–Crippen LogP) is 2.75. The van der Waals surface area contributed by atoms with Crippen LogP contribution in [-0.2, 0) is 22.7 Å². The third kappa shape index (κ3) is 5.17. The molecule has 1 atom stereocenters. The Kier molecular flexibility index (Phi) is 6.39. The third-order valence-electron chi connectivity index (χ3n) is 4.54. The van der Waals surface area contributed by atoms with Crippen LogP contribution in [0.15, 0.2) is 65.8 Å². The van der Waals surface area contributed by atoms with Gasteiger partial charge < -0.3 is 15.5 Å². The lowest BCUT2D eigenvalue weighted by molar-refractivity contribution is -0.132. The molecule has 2 aromatic rings. The van der Waals surface area contributed by atoms with Crippen LogP contribution in [0, 0.1) is 0 Å². The molecule has 0 saturated carbocycles. The van der Waals surface area contributed by atoms with Gasteiger partial charge in [-0.2, -0.15) is 0 Å². The van der Waals surface area contributed by atoms with Gasteiger partial charge in [0.1, 0.15) is 6.61 Å². The van der Waals surface area contributed by atoms with Crippen LogP contribution in [0.3, 0.4) is 0 Å². The second-order valence-electron chi connectivity index (χ2n) is 6.54. The Morgan fingerprint density at radius 2 is 1.58 bits per heavy atom. The highest BCUT2D eigenvalue weighted by molar-refractivity contribution is 5.88. The zero-order chi connectivity index (χ0) is 18.2. The SMILES string of the molecule is N[C@@H](Cc1ccccc1)C(=O)N1CCC(=NOCc2ccccc2)CC1. The molecule has 1 aliphatic heterocycles. The van der Waals surface area contributed by atoms with E-state index in [9.17, 15) is 4.79 Å². The number of carbonyl (C=O) groups excluding carboxylic acids is 1. The Bertz CT molecular complexity index is 721. The molecule has 0 bridgehead atoms. The number of hydrogen-bond acceptors (Lipinski definition) is 4. The number of piperidine rings is 1. The van der Waals surface area contributed by atoms with Crippen LogP contribution in [0.1, 0.15) is 24.0 Å². The Morgan fingerprint density at radius 3 is 2.19 bits per heavy atom. The van der Waals surface area contributed by atoms with Crippen LogP contribution in [0.2, 0.25) is 0 Å². The van der Waals surface area contributed by atoms with Crippen molar-refractivity contribution in [1.82, 2.24) is 4.90 Å². The Balaban J connectivity index is 1.44. The van der Waals surface area contributed by atoms with Crippen molar-refractivity contribution in [2.24, 2.45) is 10.9 Å². The van der Waals surface area contributed by atoms with Crippen LogP contribution >= 0.6 is 0 Å². The molecule has 1 heterocycles. The van der Waals surface area contributed by atoms with Gasteiger partial charge in [-0.3, -0.25) is 4.79 Å². The lowest BCUT2D eigenvalue weighted by Crippen LogP contribution is -2.48. The number of oxime groups is 1. The average Bonchev–Trinajstić information content (AvgIpc) is 2.69. The second-order valence-corrected chi connectivity index (χ2v) is 6.54. The van der Waals surface area contributed by atoms with E-state index in [0.29, 0.717) is 26.1 Å². The molecular weight excluding hydrogens is 326 g/mol. The molecular formula is C21H25N3O2. The van der Waals surface area contributed by atoms with Crippen molar-refractivity contribution in [2.45, 2.75) is 31.9 Å². The monoisotopic (exact) mass is 351 g/mol. The van der Waals surface area contributed by atoms with Crippen molar-refractivity contribution < 1.29 is 9.63 Å². The molecule has 0 aliphatic carbocycles. The molecule has 136 valence electrons. The van der Waals surface area contributed by atoms with Gasteiger partial charge in [-0.25, -0.2) is 0 Å². The molecule has 1 fully saturated rings. The zero-order valence-electron chi connectivity index (χ0n) is 14.9. The van der Waals surface area contributed by atoms with Gasteiger partial charge in [0.2, 0.25) is 5.91 Å². The fraction of sp³-hybridized carbons (Fsp3) is 0.333. The van der Waals surface area contributed by atoms with Gasteiger partial charge in [0, 0.05) is 25.9 Å². The van der Waals surface area contributed by atoms with Crippen molar-refractivity contribution in [2.75, 3.05) is 13.1 Å². The number of amides is 1. The van der Waals surface area contributed by atoms with Gasteiger partial charge in [-0.15, -0.1) is 0 Å². The molecule has 2 aromatic carbocycles. The van der Waals surface area contributed by atoms with Gasteiger partial charge in [0.15, 0.2) is 0 Å². The highest BCUT2D eigenvalue weighted by Crippen LogP contribution is 2.12. The summed E-state index contributed by atoms with van der Waals surface area (Å²) in [7, 11) is 0. The smallest absolute Gasteiger partial charge is 0.239 e. The molecule has 0 aromatic heterocycles. The normalized spacial score (nSPS) is 15.4. The van der Waals surface area contributed by atoms with Crippen LogP contribution in [-0.4, -0.2) is 35.7 Å². The van der Waals surface area contributed by atoms with Crippen molar-refractivity contribution >= 4 is 11.6 Å². The number of rotatable bonds is 6. The third-order valence-corrected chi connectivity index (χ3v) is 4.54. The van der Waals surface area contributed by atoms with E-state index in [4.69, 9.17) is 10.6 Å². The van der Waals surface area contributed by atoms with Crippen LogP contribution < -0.4 is 5.73 Å². The van der Waals surface area contributed by atoms with E-state index in [0.717, 1.165) is 29.7 Å². The molecule has 3 rings (SSSR count). The molecule has 1 amide bonds. The molecule has 0 spiro atoms. The van der Waals surface area contributed by atoms with Crippen molar-refractivity contribution in [1.29, 1.82) is 0 Å². The number of nitrogens with zero attached hydrogens (tertiary/aromatic N) is 2. The minimum Gasteiger partial charge on any atom is -0.391 e. The first-order valence-electron chi connectivity index (χ1n) is 9.02. The van der Waals surface area contributed by atoms with Gasteiger partial charge in [-0.05, 0) is 17.5 Å². The molecule has 2 N–H and O–H groups in total. The minimum absolute atomic E-state index is 0.0121. The average molecular weight is 351 g/mol. The summed E-state index contributed by atoms with van der Waals surface area (Å²) in [5, 5.41) is 4.23. The largest absolute Gasteiger partial charge is 0.391 e. The molecule has 26 heavy (non-hydrogen) atoms. The van der Waals surface area contributed by atoms with Crippen LogP contribution in [0.4, 0.5) is 0 Å². The predicted molar refractivity (Wildman–Crippen MR) is 103 cm³/mol. The maximum Gasteiger partial charge on any atom is 0.239 e. The fourth-order valence-electron chi connectivity index (χ4n) is 3.04. The molecule has 0 unspecified atom stereocenters. The molecule has 0 radical (unpaired) electrons. The second kappa shape index (κ2) is 9.15. The Morgan fingerprint density at radius 1 is 1.00 bits per heavy atom. The number of nitrogens with two attached hydrogens (primary N) is 1. The maximum atomic E-state index is 12.5. The summed E-state index contributed by atoms with van der Waals surface area (Å²) in [5.41, 5.74) is 9.29. The fourth-order valence-corrected chi connectivity index (χ4v) is 3.04. The summed E-state index contributed by atoms with van der Waals surface area (Å²) in [5.74, 6) is 0.0121. The van der Waals surface area contributed by atoms with Crippen molar-refractivity contribution in [3.8, 4) is 0 Å². The van der Waals surface area contributed by atoms with Gasteiger partial charge in [0.05, 0.1) is 11.8 Å². The quantitative estimate of drug-likeness (QED) is 0.814. The number of carbonyl (C=O) groups is 1. The van der Waals surface area contributed by atoms with E-state index < -0.39 is 6.04 Å². The molecule has 1 aliphatic rings. The van der Waals surface area contributed by atoms with E-state index in [1.807, 2.05) is 65.6 Å². The van der Waals surface area contributed by atoms with E-state index in [1.165, 1.54) is 0 Å². The summed E-state index contributed by atoms with van der Waals surface area (Å²) in [6, 6.07) is 19.3. The standard InChI is InChI=1S/C21H25N3O2/c22-20(15-17-7-3-1-4-8-17)21(25)24-13-11-19(12-14-24)23-26-16-18-9-5-2-6-10-18/h1-10,20H,11-16,22H2/t20-/m0/s1. The number of likely N-dealkylation sites (tertiary alicyclic amines) is 1. The topological polar surface area (TPSA) is 67.9 Å². The van der Waals surface area contributed by atoms with Gasteiger partial charge in [0.25, 0.3) is 0 Å². The number of hydrogen-bond donors (Lipinski definition) is 1. The van der Waals surface area contributed by atoms with Crippen molar-refractivity contribution in [3.63, 3.8) is 0 Å². The lowest BCUT2D eigenvalue weighted by atomic mass is 10.0. The van der Waals surface area contributed by atoms with Gasteiger partial charge >= 0.3 is 0 Å². The first-order chi connectivity index (χ1) is 12.7. The van der Waals surface area contributed by atoms with E-state index >= 15 is 0 Å². The van der Waals surface area contributed by atoms with Crippen LogP contribution in [0.5, 0.6) is 0 Å². The summed E-state index contributed by atoms with van der Waals surface area (Å²) < 4.78 is 0. The maximum absolute atomic E-state index is 12.5. The first kappa shape index (κ1) is 18.1. The molecule has 5 heteroatoms. The van der Waals surface area contributed by atoms with E-state index in [2.05, 4.69) is 5.16 Å². The summed E-state index contributed by atoms with van der Waals surface area (Å²) in [4.78, 5) is 19.8. The summed E-state index contributed by atoms with van der Waals surface area (Å²) in [6.07, 6.45) is 2.04. The molecule has 5 nitrogen and oxygen atoms in total. The van der Waals surface area contributed by atoms with E-state index in [-0.39, 0.29) is 5.91 Å². The number of benzene rings is 2. The Labute approximate surface area is 154 Å². The lowest BCUT2D eigenvalue weighted by Gasteiger charge is -2.29. The van der Waals surface area contributed by atoms with Crippen LogP contribution in [0.25, 0.3) is 0 Å². The van der Waals surface area contributed by atoms with Gasteiger partial charge in [-0.1, -0.05) is 65.8 Å². The first-order valence-corrected chi connectivity index (χ1v) is 9.02. The Hall–Kier alpha value is -2.66. The van der Waals surface area contributed by atoms with Crippen molar-refractivity contribution in [3.05, 3.63) is 71.8 Å². The minimum atomic E-state index is -0.495. The zero-order valence-corrected chi connectivity index (χ0v) is 14.9. The summed E-state index contributed by atoms with van der Waals surface area (Å²) in [6.45, 7) is 1.76. The summed E-state index contributed by atoms with van der Waals surface area (Å²) >= 11 is 0.